The molecule has 0 aliphatic rings. The largest absolute Gasteiger partial charge is 0.327 e. The van der Waals surface area contributed by atoms with Crippen molar-refractivity contribution in [2.45, 2.75) is 18.9 Å². The summed E-state index contributed by atoms with van der Waals surface area (Å²) in [6.07, 6.45) is 1.74. The van der Waals surface area contributed by atoms with E-state index in [1.807, 2.05) is 24.3 Å². The lowest BCUT2D eigenvalue weighted by Gasteiger charge is -2.11. The van der Waals surface area contributed by atoms with Crippen molar-refractivity contribution in [3.8, 4) is 0 Å². The summed E-state index contributed by atoms with van der Waals surface area (Å²) in [6, 6.07) is 10.1. The van der Waals surface area contributed by atoms with Gasteiger partial charge < -0.3 is 5.73 Å². The first-order valence-corrected chi connectivity index (χ1v) is 6.58. The summed E-state index contributed by atoms with van der Waals surface area (Å²) in [5.74, 6) is 0. The van der Waals surface area contributed by atoms with E-state index >= 15 is 0 Å². The van der Waals surface area contributed by atoms with Crippen molar-refractivity contribution >= 4 is 22.9 Å². The van der Waals surface area contributed by atoms with Crippen molar-refractivity contribution in [3.05, 3.63) is 57.2 Å². The van der Waals surface area contributed by atoms with Crippen molar-refractivity contribution in [1.29, 1.82) is 0 Å². The number of hydrogen-bond donors (Lipinski definition) is 1. The van der Waals surface area contributed by atoms with Crippen molar-refractivity contribution in [2.75, 3.05) is 0 Å². The van der Waals surface area contributed by atoms with Crippen molar-refractivity contribution in [3.63, 3.8) is 0 Å². The van der Waals surface area contributed by atoms with E-state index in [1.54, 1.807) is 11.3 Å². The maximum absolute atomic E-state index is 6.11. The van der Waals surface area contributed by atoms with Crippen molar-refractivity contribution < 1.29 is 0 Å². The van der Waals surface area contributed by atoms with Crippen LogP contribution in [-0.4, -0.2) is 6.04 Å². The Balaban J connectivity index is 1.97. The molecule has 0 bridgehead atoms. The third-order valence-corrected chi connectivity index (χ3v) is 3.62. The molecule has 1 heterocycles. The van der Waals surface area contributed by atoms with Crippen LogP contribution in [0.1, 0.15) is 11.1 Å². The van der Waals surface area contributed by atoms with Gasteiger partial charge in [0.15, 0.2) is 0 Å². The van der Waals surface area contributed by atoms with Crippen molar-refractivity contribution in [2.24, 2.45) is 5.73 Å². The SMILES string of the molecule is NC(Cc1ccsc1)Cc1ccccc1Cl. The molecule has 0 fully saturated rings. The van der Waals surface area contributed by atoms with Gasteiger partial charge in [0.1, 0.15) is 0 Å². The molecular weight excluding hydrogens is 238 g/mol. The Kier molecular flexibility index (Phi) is 3.99. The molecule has 2 N–H and O–H groups in total. The van der Waals surface area contributed by atoms with Crippen LogP contribution in [0.3, 0.4) is 0 Å². The molecule has 1 aromatic heterocycles. The summed E-state index contributed by atoms with van der Waals surface area (Å²) < 4.78 is 0. The van der Waals surface area contributed by atoms with E-state index in [-0.39, 0.29) is 6.04 Å². The number of nitrogens with two attached hydrogens (primary N) is 1. The Morgan fingerprint density at radius 1 is 1.19 bits per heavy atom. The number of halogens is 1. The van der Waals surface area contributed by atoms with Gasteiger partial charge in [0.25, 0.3) is 0 Å². The fourth-order valence-corrected chi connectivity index (χ4v) is 2.62. The number of rotatable bonds is 4. The van der Waals surface area contributed by atoms with E-state index in [0.717, 1.165) is 23.4 Å². The smallest absolute Gasteiger partial charge is 0.0438 e. The average molecular weight is 252 g/mol. The molecule has 0 amide bonds. The van der Waals surface area contributed by atoms with Crippen LogP contribution in [0, 0.1) is 0 Å². The Morgan fingerprint density at radius 3 is 2.69 bits per heavy atom. The highest BCUT2D eigenvalue weighted by molar-refractivity contribution is 7.07. The predicted molar refractivity (Wildman–Crippen MR) is 71.2 cm³/mol. The molecule has 1 unspecified atom stereocenters. The highest BCUT2D eigenvalue weighted by atomic mass is 35.5. The van der Waals surface area contributed by atoms with Gasteiger partial charge in [0, 0.05) is 11.1 Å². The zero-order valence-corrected chi connectivity index (χ0v) is 10.5. The minimum Gasteiger partial charge on any atom is -0.327 e. The predicted octanol–water partition coefficient (Wildman–Crippen LogP) is 3.51. The standard InChI is InChI=1S/C13H14ClNS/c14-13-4-2-1-3-11(13)8-12(15)7-10-5-6-16-9-10/h1-6,9,12H,7-8,15H2. The molecule has 16 heavy (non-hydrogen) atoms. The van der Waals surface area contributed by atoms with Crippen LogP contribution in [0.15, 0.2) is 41.1 Å². The molecule has 3 heteroatoms. The van der Waals surface area contributed by atoms with E-state index in [0.29, 0.717) is 0 Å². The summed E-state index contributed by atoms with van der Waals surface area (Å²) in [6.45, 7) is 0. The molecule has 0 saturated heterocycles. The van der Waals surface area contributed by atoms with Gasteiger partial charge in [-0.15, -0.1) is 0 Å². The van der Waals surface area contributed by atoms with Crippen LogP contribution in [0.5, 0.6) is 0 Å². The average Bonchev–Trinajstić information content (AvgIpc) is 2.74. The van der Waals surface area contributed by atoms with Gasteiger partial charge in [-0.05, 0) is 46.9 Å². The second-order valence-corrected chi connectivity index (χ2v) is 5.08. The highest BCUT2D eigenvalue weighted by Crippen LogP contribution is 2.17. The lowest BCUT2D eigenvalue weighted by molar-refractivity contribution is 0.666. The van der Waals surface area contributed by atoms with Crippen LogP contribution >= 0.6 is 22.9 Å². The summed E-state index contributed by atoms with van der Waals surface area (Å²) in [5, 5.41) is 5.03. The minimum absolute atomic E-state index is 0.134. The van der Waals surface area contributed by atoms with Gasteiger partial charge in [-0.1, -0.05) is 29.8 Å². The summed E-state index contributed by atoms with van der Waals surface area (Å²) in [4.78, 5) is 0. The Labute approximate surface area is 105 Å². The maximum atomic E-state index is 6.11. The van der Waals surface area contributed by atoms with Gasteiger partial charge in [0.05, 0.1) is 0 Å². The zero-order valence-electron chi connectivity index (χ0n) is 8.90. The quantitative estimate of drug-likeness (QED) is 0.884. The topological polar surface area (TPSA) is 26.0 Å². The van der Waals surface area contributed by atoms with Crippen molar-refractivity contribution in [1.82, 2.24) is 0 Å². The van der Waals surface area contributed by atoms with Crippen LogP contribution in [-0.2, 0) is 12.8 Å². The molecule has 1 aromatic carbocycles. The van der Waals surface area contributed by atoms with E-state index in [1.165, 1.54) is 5.56 Å². The molecular formula is C13H14ClNS. The van der Waals surface area contributed by atoms with E-state index in [2.05, 4.69) is 16.8 Å². The third-order valence-electron chi connectivity index (χ3n) is 2.52. The molecule has 1 atom stereocenters. The first-order valence-electron chi connectivity index (χ1n) is 5.26. The second-order valence-electron chi connectivity index (χ2n) is 3.89. The molecule has 0 saturated carbocycles. The molecule has 0 aliphatic carbocycles. The minimum atomic E-state index is 0.134. The fraction of sp³-hybridized carbons (Fsp3) is 0.231. The lowest BCUT2D eigenvalue weighted by Crippen LogP contribution is -2.25. The molecule has 0 radical (unpaired) electrons. The highest BCUT2D eigenvalue weighted by Gasteiger charge is 2.07. The summed E-state index contributed by atoms with van der Waals surface area (Å²) >= 11 is 7.81. The van der Waals surface area contributed by atoms with Gasteiger partial charge in [-0.25, -0.2) is 0 Å². The van der Waals surface area contributed by atoms with Gasteiger partial charge in [0.2, 0.25) is 0 Å². The second kappa shape index (κ2) is 5.48. The number of benzene rings is 1. The molecule has 1 nitrogen and oxygen atoms in total. The van der Waals surface area contributed by atoms with E-state index in [4.69, 9.17) is 17.3 Å². The summed E-state index contributed by atoms with van der Waals surface area (Å²) in [7, 11) is 0. The molecule has 2 rings (SSSR count). The fourth-order valence-electron chi connectivity index (χ4n) is 1.73. The van der Waals surface area contributed by atoms with Crippen LogP contribution in [0.25, 0.3) is 0 Å². The van der Waals surface area contributed by atoms with Gasteiger partial charge in [-0.3, -0.25) is 0 Å². The Morgan fingerprint density at radius 2 is 2.00 bits per heavy atom. The molecule has 84 valence electrons. The normalized spacial score (nSPS) is 12.6. The van der Waals surface area contributed by atoms with Crippen LogP contribution in [0.4, 0.5) is 0 Å². The van der Waals surface area contributed by atoms with E-state index in [9.17, 15) is 0 Å². The molecule has 0 aliphatic heterocycles. The number of thiophene rings is 1. The monoisotopic (exact) mass is 251 g/mol. The summed E-state index contributed by atoms with van der Waals surface area (Å²) in [5.41, 5.74) is 8.55. The van der Waals surface area contributed by atoms with E-state index < -0.39 is 0 Å². The first-order chi connectivity index (χ1) is 7.75. The molecule has 0 spiro atoms. The molecule has 2 aromatic rings. The Hall–Kier alpha value is -0.830. The number of hydrogen-bond acceptors (Lipinski definition) is 2. The first kappa shape index (κ1) is 11.6. The van der Waals surface area contributed by atoms with Gasteiger partial charge >= 0.3 is 0 Å². The lowest BCUT2D eigenvalue weighted by atomic mass is 10.0. The maximum Gasteiger partial charge on any atom is 0.0438 e. The third kappa shape index (κ3) is 3.08. The Bertz CT molecular complexity index is 439. The van der Waals surface area contributed by atoms with Crippen LogP contribution < -0.4 is 5.73 Å². The van der Waals surface area contributed by atoms with Crippen LogP contribution in [0.2, 0.25) is 5.02 Å². The zero-order chi connectivity index (χ0) is 11.4. The van der Waals surface area contributed by atoms with Gasteiger partial charge in [-0.2, -0.15) is 11.3 Å².